The molecule has 1 aliphatic heterocycles. The SMILES string of the molecule is CC1(C(=O)Nc2ccc(N3CCOCC3=O)cc2F)CC1C(=O)Nc1ccc(Cl)cn1. The Morgan fingerprint density at radius 1 is 1.29 bits per heavy atom. The van der Waals surface area contributed by atoms with Crippen LogP contribution >= 0.6 is 11.6 Å². The standard InChI is InChI=1S/C21H20ClFN4O4/c1-21(9-14(21)19(29)26-17-5-2-12(22)10-24-17)20(30)25-16-4-3-13(8-15(16)23)27-6-7-31-11-18(27)28/h2-5,8,10,14H,6-7,9,11H2,1H3,(H,25,30)(H,24,26,29). The summed E-state index contributed by atoms with van der Waals surface area (Å²) >= 11 is 5.78. The molecule has 1 saturated carbocycles. The third-order valence-corrected chi connectivity index (χ3v) is 5.77. The Bertz CT molecular complexity index is 1050. The van der Waals surface area contributed by atoms with E-state index in [9.17, 15) is 18.8 Å². The first kappa shape index (κ1) is 21.2. The molecule has 2 fully saturated rings. The van der Waals surface area contributed by atoms with Crippen LogP contribution in [0.25, 0.3) is 0 Å². The van der Waals surface area contributed by atoms with Crippen molar-refractivity contribution in [1.29, 1.82) is 0 Å². The average molecular weight is 447 g/mol. The largest absolute Gasteiger partial charge is 0.370 e. The highest BCUT2D eigenvalue weighted by molar-refractivity contribution is 6.30. The van der Waals surface area contributed by atoms with Gasteiger partial charge in [0.05, 0.1) is 28.6 Å². The molecule has 2 aromatic rings. The highest BCUT2D eigenvalue weighted by Gasteiger charge is 2.60. The number of amides is 3. The van der Waals surface area contributed by atoms with Crippen LogP contribution in [0.15, 0.2) is 36.5 Å². The smallest absolute Gasteiger partial charge is 0.253 e. The minimum Gasteiger partial charge on any atom is -0.370 e. The second-order valence-electron chi connectivity index (χ2n) is 7.74. The summed E-state index contributed by atoms with van der Waals surface area (Å²) in [6, 6.07) is 7.33. The van der Waals surface area contributed by atoms with Crippen molar-refractivity contribution in [2.24, 2.45) is 11.3 Å². The number of hydrogen-bond acceptors (Lipinski definition) is 5. The maximum atomic E-state index is 14.6. The first-order chi connectivity index (χ1) is 14.8. The van der Waals surface area contributed by atoms with Crippen molar-refractivity contribution in [3.05, 3.63) is 47.4 Å². The zero-order chi connectivity index (χ0) is 22.2. The Balaban J connectivity index is 1.39. The lowest BCUT2D eigenvalue weighted by atomic mass is 10.0. The zero-order valence-corrected chi connectivity index (χ0v) is 17.4. The molecule has 162 valence electrons. The Hall–Kier alpha value is -3.04. The second-order valence-corrected chi connectivity index (χ2v) is 8.18. The summed E-state index contributed by atoms with van der Waals surface area (Å²) in [5, 5.41) is 5.65. The van der Waals surface area contributed by atoms with Crippen molar-refractivity contribution in [2.75, 3.05) is 35.3 Å². The molecule has 1 saturated heterocycles. The molecular formula is C21H20ClFN4O4. The summed E-state index contributed by atoms with van der Waals surface area (Å²) in [4.78, 5) is 42.5. The lowest BCUT2D eigenvalue weighted by Crippen LogP contribution is -2.41. The summed E-state index contributed by atoms with van der Waals surface area (Å²) in [7, 11) is 0. The molecule has 2 heterocycles. The number of aromatic nitrogens is 1. The summed E-state index contributed by atoms with van der Waals surface area (Å²) in [5.74, 6) is -1.93. The summed E-state index contributed by atoms with van der Waals surface area (Å²) in [6.07, 6.45) is 1.74. The van der Waals surface area contributed by atoms with E-state index in [1.807, 2.05) is 0 Å². The molecule has 1 aliphatic carbocycles. The number of halogens is 2. The van der Waals surface area contributed by atoms with Gasteiger partial charge in [-0.1, -0.05) is 11.6 Å². The lowest BCUT2D eigenvalue weighted by molar-refractivity contribution is -0.125. The highest BCUT2D eigenvalue weighted by Crippen LogP contribution is 2.53. The third kappa shape index (κ3) is 4.38. The Morgan fingerprint density at radius 2 is 2.10 bits per heavy atom. The molecule has 8 nitrogen and oxygen atoms in total. The number of carbonyl (C=O) groups is 3. The predicted octanol–water partition coefficient (Wildman–Crippen LogP) is 2.84. The average Bonchev–Trinajstić information content (AvgIpc) is 3.45. The maximum absolute atomic E-state index is 14.6. The van der Waals surface area contributed by atoms with E-state index in [2.05, 4.69) is 15.6 Å². The van der Waals surface area contributed by atoms with E-state index in [1.54, 1.807) is 25.1 Å². The van der Waals surface area contributed by atoms with Gasteiger partial charge in [-0.2, -0.15) is 0 Å². The van der Waals surface area contributed by atoms with Crippen LogP contribution in [0.1, 0.15) is 13.3 Å². The fourth-order valence-corrected chi connectivity index (χ4v) is 3.60. The van der Waals surface area contributed by atoms with Crippen molar-refractivity contribution < 1.29 is 23.5 Å². The number of hydrogen-bond donors (Lipinski definition) is 2. The zero-order valence-electron chi connectivity index (χ0n) is 16.7. The molecule has 2 N–H and O–H groups in total. The molecule has 3 amide bonds. The number of nitrogens with one attached hydrogen (secondary N) is 2. The van der Waals surface area contributed by atoms with E-state index in [1.165, 1.54) is 23.2 Å². The van der Waals surface area contributed by atoms with Crippen LogP contribution in [-0.4, -0.2) is 42.5 Å². The molecule has 31 heavy (non-hydrogen) atoms. The van der Waals surface area contributed by atoms with E-state index >= 15 is 0 Å². The van der Waals surface area contributed by atoms with Crippen LogP contribution in [0.4, 0.5) is 21.6 Å². The Kier molecular flexibility index (Phi) is 5.63. The van der Waals surface area contributed by atoms with E-state index < -0.39 is 23.1 Å². The van der Waals surface area contributed by atoms with Gasteiger partial charge in [-0.25, -0.2) is 9.37 Å². The number of nitrogens with zero attached hydrogens (tertiary/aromatic N) is 2. The lowest BCUT2D eigenvalue weighted by Gasteiger charge is -2.27. The topological polar surface area (TPSA) is 101 Å². The van der Waals surface area contributed by atoms with Gasteiger partial charge in [0, 0.05) is 18.4 Å². The highest BCUT2D eigenvalue weighted by atomic mass is 35.5. The molecule has 4 rings (SSSR count). The van der Waals surface area contributed by atoms with Gasteiger partial charge in [0.25, 0.3) is 5.91 Å². The van der Waals surface area contributed by atoms with Crippen LogP contribution in [0.5, 0.6) is 0 Å². The summed E-state index contributed by atoms with van der Waals surface area (Å²) in [5.41, 5.74) is -0.572. The first-order valence-electron chi connectivity index (χ1n) is 9.69. The van der Waals surface area contributed by atoms with Crippen molar-refractivity contribution >= 4 is 46.5 Å². The number of ether oxygens (including phenoxy) is 1. The number of benzene rings is 1. The number of anilines is 3. The van der Waals surface area contributed by atoms with E-state index in [0.717, 1.165) is 0 Å². The molecule has 0 spiro atoms. The number of carbonyl (C=O) groups excluding carboxylic acids is 3. The molecule has 2 unspecified atom stereocenters. The molecule has 10 heteroatoms. The maximum Gasteiger partial charge on any atom is 0.253 e. The van der Waals surface area contributed by atoms with E-state index in [0.29, 0.717) is 36.1 Å². The van der Waals surface area contributed by atoms with Gasteiger partial charge >= 0.3 is 0 Å². The summed E-state index contributed by atoms with van der Waals surface area (Å²) < 4.78 is 19.7. The summed E-state index contributed by atoms with van der Waals surface area (Å²) in [6.45, 7) is 2.31. The van der Waals surface area contributed by atoms with Crippen LogP contribution in [-0.2, 0) is 19.1 Å². The second kappa shape index (κ2) is 8.24. The van der Waals surface area contributed by atoms with Gasteiger partial charge in [-0.3, -0.25) is 14.4 Å². The van der Waals surface area contributed by atoms with Gasteiger partial charge < -0.3 is 20.3 Å². The van der Waals surface area contributed by atoms with Crippen molar-refractivity contribution in [3.8, 4) is 0 Å². The Labute approximate surface area is 182 Å². The van der Waals surface area contributed by atoms with E-state index in [-0.39, 0.29) is 24.1 Å². The molecule has 0 radical (unpaired) electrons. The minimum atomic E-state index is -0.957. The molecule has 1 aromatic carbocycles. The number of morpholine rings is 1. The van der Waals surface area contributed by atoms with Crippen molar-refractivity contribution in [1.82, 2.24) is 4.98 Å². The minimum absolute atomic E-state index is 0.0129. The third-order valence-electron chi connectivity index (χ3n) is 5.55. The van der Waals surface area contributed by atoms with E-state index in [4.69, 9.17) is 16.3 Å². The monoisotopic (exact) mass is 446 g/mol. The van der Waals surface area contributed by atoms with Crippen LogP contribution < -0.4 is 15.5 Å². The van der Waals surface area contributed by atoms with Crippen molar-refractivity contribution in [3.63, 3.8) is 0 Å². The molecule has 1 aromatic heterocycles. The normalized spacial score (nSPS) is 22.7. The van der Waals surface area contributed by atoms with Crippen LogP contribution in [0.3, 0.4) is 0 Å². The fraction of sp³-hybridized carbons (Fsp3) is 0.333. The fourth-order valence-electron chi connectivity index (χ4n) is 3.49. The number of rotatable bonds is 5. The van der Waals surface area contributed by atoms with Gasteiger partial charge in [-0.15, -0.1) is 0 Å². The van der Waals surface area contributed by atoms with Crippen molar-refractivity contribution in [2.45, 2.75) is 13.3 Å². The predicted molar refractivity (Wildman–Crippen MR) is 112 cm³/mol. The molecular weight excluding hydrogens is 427 g/mol. The quantitative estimate of drug-likeness (QED) is 0.735. The van der Waals surface area contributed by atoms with Gasteiger partial charge in [0.2, 0.25) is 11.8 Å². The molecule has 2 atom stereocenters. The number of pyridine rings is 1. The van der Waals surface area contributed by atoms with Gasteiger partial charge in [-0.05, 0) is 43.7 Å². The van der Waals surface area contributed by atoms with Gasteiger partial charge in [0.15, 0.2) is 0 Å². The molecule has 0 bridgehead atoms. The Morgan fingerprint density at radius 3 is 2.77 bits per heavy atom. The molecule has 2 aliphatic rings. The first-order valence-corrected chi connectivity index (χ1v) is 10.1. The van der Waals surface area contributed by atoms with Gasteiger partial charge in [0.1, 0.15) is 18.2 Å². The van der Waals surface area contributed by atoms with Crippen LogP contribution in [0.2, 0.25) is 5.02 Å². The van der Waals surface area contributed by atoms with Crippen LogP contribution in [0, 0.1) is 17.2 Å².